The Morgan fingerprint density at radius 1 is 1.03 bits per heavy atom. The number of fused-ring (bicyclic) bond motifs is 3. The van der Waals surface area contributed by atoms with E-state index in [0.717, 1.165) is 45.1 Å². The first-order valence-corrected chi connectivity index (χ1v) is 11.9. The summed E-state index contributed by atoms with van der Waals surface area (Å²) in [6, 6.07) is 14.3. The molecule has 1 fully saturated rings. The van der Waals surface area contributed by atoms with E-state index in [-0.39, 0.29) is 6.09 Å². The summed E-state index contributed by atoms with van der Waals surface area (Å²) in [6.45, 7) is 10.1. The van der Waals surface area contributed by atoms with Crippen LogP contribution in [0, 0.1) is 6.92 Å². The molecular weight excluding hydrogens is 442 g/mol. The molecular formula is C27H31N5O3. The number of benzene rings is 2. The molecule has 8 heteroatoms. The summed E-state index contributed by atoms with van der Waals surface area (Å²) in [7, 11) is 1.69. The van der Waals surface area contributed by atoms with Crippen LogP contribution in [0.4, 0.5) is 10.6 Å². The highest BCUT2D eigenvalue weighted by Crippen LogP contribution is 2.32. The number of anilines is 1. The second-order valence-corrected chi connectivity index (χ2v) is 9.87. The standard InChI is InChI=1S/C27H31N5O3/c1-18-10-11-19(16-23(18)34-5)22-17-28-24-25(29-20-8-6-7-9-21(20)32(22)24)30-12-14-31(15-13-30)26(33)35-27(2,3)4/h6-11,16-17H,12-15H2,1-5H3. The second kappa shape index (κ2) is 8.76. The third-order valence-electron chi connectivity index (χ3n) is 6.25. The van der Waals surface area contributed by atoms with Crippen molar-refractivity contribution in [2.75, 3.05) is 38.2 Å². The van der Waals surface area contributed by atoms with Gasteiger partial charge in [-0.15, -0.1) is 0 Å². The first-order chi connectivity index (χ1) is 16.7. The van der Waals surface area contributed by atoms with Crippen LogP contribution in [0.1, 0.15) is 26.3 Å². The zero-order valence-electron chi connectivity index (χ0n) is 20.9. The minimum absolute atomic E-state index is 0.273. The molecule has 2 aromatic carbocycles. The number of aromatic nitrogens is 3. The molecule has 1 aliphatic heterocycles. The molecule has 5 rings (SSSR count). The number of piperazine rings is 1. The molecule has 0 bridgehead atoms. The van der Waals surface area contributed by atoms with Gasteiger partial charge < -0.3 is 19.3 Å². The molecule has 0 spiro atoms. The molecule has 4 aromatic rings. The first-order valence-electron chi connectivity index (χ1n) is 11.9. The van der Waals surface area contributed by atoms with Crippen molar-refractivity contribution >= 4 is 28.6 Å². The quantitative estimate of drug-likeness (QED) is 0.420. The van der Waals surface area contributed by atoms with Crippen molar-refractivity contribution in [3.05, 3.63) is 54.2 Å². The van der Waals surface area contributed by atoms with Gasteiger partial charge in [0.15, 0.2) is 11.5 Å². The lowest BCUT2D eigenvalue weighted by molar-refractivity contribution is 0.0240. The fraction of sp³-hybridized carbons (Fsp3) is 0.370. The van der Waals surface area contributed by atoms with E-state index in [1.165, 1.54) is 0 Å². The summed E-state index contributed by atoms with van der Waals surface area (Å²) in [6.07, 6.45) is 1.62. The number of methoxy groups -OCH3 is 1. The zero-order chi connectivity index (χ0) is 24.7. The molecule has 0 atom stereocenters. The third-order valence-corrected chi connectivity index (χ3v) is 6.25. The van der Waals surface area contributed by atoms with E-state index in [2.05, 4.69) is 27.5 Å². The van der Waals surface area contributed by atoms with Gasteiger partial charge in [0, 0.05) is 31.7 Å². The van der Waals surface area contributed by atoms with Gasteiger partial charge in [0.1, 0.15) is 11.4 Å². The topological polar surface area (TPSA) is 72.2 Å². The third kappa shape index (κ3) is 4.36. The zero-order valence-corrected chi connectivity index (χ0v) is 20.9. The smallest absolute Gasteiger partial charge is 0.410 e. The predicted molar refractivity (Wildman–Crippen MR) is 137 cm³/mol. The summed E-state index contributed by atoms with van der Waals surface area (Å²) in [5.41, 5.74) is 5.26. The number of ether oxygens (including phenoxy) is 2. The number of amides is 1. The van der Waals surface area contributed by atoms with E-state index in [1.54, 1.807) is 12.0 Å². The van der Waals surface area contributed by atoms with Crippen LogP contribution in [-0.4, -0.2) is 64.3 Å². The van der Waals surface area contributed by atoms with Crippen molar-refractivity contribution in [3.63, 3.8) is 0 Å². The molecule has 0 radical (unpaired) electrons. The number of para-hydroxylation sites is 2. The van der Waals surface area contributed by atoms with E-state index >= 15 is 0 Å². The summed E-state index contributed by atoms with van der Waals surface area (Å²) in [4.78, 5) is 26.3. The highest BCUT2D eigenvalue weighted by atomic mass is 16.6. The summed E-state index contributed by atoms with van der Waals surface area (Å²) < 4.78 is 13.3. The Labute approximate surface area is 205 Å². The Kier molecular flexibility index (Phi) is 5.75. The molecule has 35 heavy (non-hydrogen) atoms. The van der Waals surface area contributed by atoms with Crippen LogP contribution in [0.5, 0.6) is 5.75 Å². The van der Waals surface area contributed by atoms with E-state index in [0.29, 0.717) is 26.2 Å². The van der Waals surface area contributed by atoms with Crippen molar-refractivity contribution in [2.45, 2.75) is 33.3 Å². The van der Waals surface area contributed by atoms with Gasteiger partial charge in [-0.25, -0.2) is 14.8 Å². The average Bonchev–Trinajstić information content (AvgIpc) is 3.28. The number of rotatable bonds is 3. The minimum Gasteiger partial charge on any atom is -0.496 e. The molecule has 182 valence electrons. The lowest BCUT2D eigenvalue weighted by Gasteiger charge is -2.36. The summed E-state index contributed by atoms with van der Waals surface area (Å²) in [5, 5.41) is 0. The van der Waals surface area contributed by atoms with Crippen LogP contribution < -0.4 is 9.64 Å². The van der Waals surface area contributed by atoms with Crippen LogP contribution in [0.25, 0.3) is 27.9 Å². The largest absolute Gasteiger partial charge is 0.496 e. The minimum atomic E-state index is -0.509. The Bertz CT molecular complexity index is 1400. The van der Waals surface area contributed by atoms with Gasteiger partial charge >= 0.3 is 6.09 Å². The van der Waals surface area contributed by atoms with Crippen LogP contribution in [0.2, 0.25) is 0 Å². The summed E-state index contributed by atoms with van der Waals surface area (Å²) >= 11 is 0. The fourth-order valence-corrected chi connectivity index (χ4v) is 4.49. The molecule has 0 saturated carbocycles. The number of imidazole rings is 1. The van der Waals surface area contributed by atoms with Crippen LogP contribution >= 0.6 is 0 Å². The molecule has 2 aromatic heterocycles. The maximum absolute atomic E-state index is 12.5. The van der Waals surface area contributed by atoms with E-state index in [1.807, 2.05) is 58.2 Å². The molecule has 8 nitrogen and oxygen atoms in total. The van der Waals surface area contributed by atoms with Crippen molar-refractivity contribution < 1.29 is 14.3 Å². The highest BCUT2D eigenvalue weighted by Gasteiger charge is 2.28. The van der Waals surface area contributed by atoms with E-state index in [9.17, 15) is 4.79 Å². The fourth-order valence-electron chi connectivity index (χ4n) is 4.49. The second-order valence-electron chi connectivity index (χ2n) is 9.87. The molecule has 3 heterocycles. The summed E-state index contributed by atoms with van der Waals surface area (Å²) in [5.74, 6) is 1.66. The number of nitrogens with zero attached hydrogens (tertiary/aromatic N) is 5. The SMILES string of the molecule is COc1cc(-c2cnc3c(N4CCN(C(=O)OC(C)(C)C)CC4)nc4ccccc4n23)ccc1C. The Balaban J connectivity index is 1.54. The molecule has 1 saturated heterocycles. The van der Waals surface area contributed by atoms with Crippen molar-refractivity contribution in [1.82, 2.24) is 19.3 Å². The Morgan fingerprint density at radius 2 is 1.77 bits per heavy atom. The van der Waals surface area contributed by atoms with E-state index in [4.69, 9.17) is 19.4 Å². The molecule has 0 unspecified atom stereocenters. The number of hydrogen-bond donors (Lipinski definition) is 0. The van der Waals surface area contributed by atoms with Crippen molar-refractivity contribution in [2.24, 2.45) is 0 Å². The van der Waals surface area contributed by atoms with Gasteiger partial charge in [-0.05, 0) is 51.5 Å². The average molecular weight is 474 g/mol. The van der Waals surface area contributed by atoms with Crippen LogP contribution in [0.3, 0.4) is 0 Å². The molecule has 1 aliphatic rings. The van der Waals surface area contributed by atoms with Crippen LogP contribution in [-0.2, 0) is 4.74 Å². The van der Waals surface area contributed by atoms with Gasteiger partial charge in [-0.3, -0.25) is 4.40 Å². The maximum atomic E-state index is 12.5. The number of hydrogen-bond acceptors (Lipinski definition) is 6. The maximum Gasteiger partial charge on any atom is 0.410 e. The lowest BCUT2D eigenvalue weighted by atomic mass is 10.1. The predicted octanol–water partition coefficient (Wildman–Crippen LogP) is 4.92. The molecule has 0 N–H and O–H groups in total. The monoisotopic (exact) mass is 473 g/mol. The van der Waals surface area contributed by atoms with Gasteiger partial charge in [0.05, 0.1) is 30.0 Å². The molecule has 1 amide bonds. The van der Waals surface area contributed by atoms with Crippen molar-refractivity contribution in [1.29, 1.82) is 0 Å². The normalized spacial score (nSPS) is 14.5. The molecule has 0 aliphatic carbocycles. The number of carbonyl (C=O) groups excluding carboxylic acids is 1. The van der Waals surface area contributed by atoms with Gasteiger partial charge in [0.2, 0.25) is 0 Å². The van der Waals surface area contributed by atoms with E-state index < -0.39 is 5.60 Å². The number of aryl methyl sites for hydroxylation is 1. The first kappa shape index (κ1) is 23.0. The van der Waals surface area contributed by atoms with Gasteiger partial charge in [-0.1, -0.05) is 24.3 Å². The van der Waals surface area contributed by atoms with Gasteiger partial charge in [-0.2, -0.15) is 0 Å². The van der Waals surface area contributed by atoms with Crippen molar-refractivity contribution in [3.8, 4) is 17.0 Å². The van der Waals surface area contributed by atoms with Gasteiger partial charge in [0.25, 0.3) is 0 Å². The Hall–Kier alpha value is -3.81. The number of carbonyl (C=O) groups is 1. The Morgan fingerprint density at radius 3 is 2.49 bits per heavy atom. The van der Waals surface area contributed by atoms with Crippen LogP contribution in [0.15, 0.2) is 48.7 Å². The lowest BCUT2D eigenvalue weighted by Crippen LogP contribution is -2.50. The highest BCUT2D eigenvalue weighted by molar-refractivity contribution is 5.86.